The van der Waals surface area contributed by atoms with Crippen LogP contribution in [0.3, 0.4) is 0 Å². The van der Waals surface area contributed by atoms with Crippen LogP contribution in [0.5, 0.6) is 5.75 Å². The number of rotatable bonds is 6. The molecule has 1 rings (SSSR count). The van der Waals surface area contributed by atoms with E-state index in [0.717, 1.165) is 27.6 Å². The molecule has 1 aromatic rings. The van der Waals surface area contributed by atoms with Gasteiger partial charge in [-0.2, -0.15) is 0 Å². The Morgan fingerprint density at radius 3 is 2.69 bits per heavy atom. The third-order valence-corrected chi connectivity index (χ3v) is 2.76. The van der Waals surface area contributed by atoms with Crippen LogP contribution in [-0.4, -0.2) is 20.5 Å². The summed E-state index contributed by atoms with van der Waals surface area (Å²) in [5, 5.41) is 0. The van der Waals surface area contributed by atoms with E-state index in [-0.39, 0.29) is 0 Å². The normalized spacial score (nSPS) is 10.2. The van der Waals surface area contributed by atoms with E-state index in [9.17, 15) is 4.79 Å². The van der Waals surface area contributed by atoms with Crippen molar-refractivity contribution in [2.45, 2.75) is 19.4 Å². The molecule has 0 N–H and O–H groups in total. The zero-order valence-corrected chi connectivity index (χ0v) is 11.0. The first kappa shape index (κ1) is 13.2. The molecule has 0 aliphatic rings. The highest BCUT2D eigenvalue weighted by Gasteiger charge is 2.10. The van der Waals surface area contributed by atoms with E-state index in [0.29, 0.717) is 19.4 Å². The predicted octanol–water partition coefficient (Wildman–Crippen LogP) is 2.74. The molecule has 0 amide bonds. The van der Waals surface area contributed by atoms with Gasteiger partial charge in [0.05, 0.1) is 13.7 Å². The third-order valence-electron chi connectivity index (χ3n) is 2.30. The lowest BCUT2D eigenvalue weighted by atomic mass is 10.0. The molecule has 88 valence electrons. The fourth-order valence-corrected chi connectivity index (χ4v) is 2.10. The molecule has 0 bridgehead atoms. The monoisotopic (exact) mass is 286 g/mol. The van der Waals surface area contributed by atoms with Gasteiger partial charge < -0.3 is 14.3 Å². The Bertz CT molecular complexity index is 364. The molecule has 0 aliphatic heterocycles. The molecule has 4 heteroatoms. The molecular formula is C12H15BrO3. The van der Waals surface area contributed by atoms with E-state index in [4.69, 9.17) is 9.47 Å². The summed E-state index contributed by atoms with van der Waals surface area (Å²) in [6.45, 7) is 0.518. The number of hydrogen-bond donors (Lipinski definition) is 0. The molecule has 0 atom stereocenters. The van der Waals surface area contributed by atoms with Crippen molar-refractivity contribution >= 4 is 22.2 Å². The summed E-state index contributed by atoms with van der Waals surface area (Å²) in [7, 11) is 3.28. The summed E-state index contributed by atoms with van der Waals surface area (Å²) in [5.74, 6) is 0.795. The first-order chi connectivity index (χ1) is 7.72. The van der Waals surface area contributed by atoms with Crippen molar-refractivity contribution in [3.8, 4) is 5.75 Å². The number of carbonyl (C=O) groups excluding carboxylic acids is 1. The molecule has 0 saturated carbocycles. The van der Waals surface area contributed by atoms with E-state index < -0.39 is 0 Å². The van der Waals surface area contributed by atoms with E-state index in [1.54, 1.807) is 14.2 Å². The Labute approximate surface area is 104 Å². The van der Waals surface area contributed by atoms with Crippen molar-refractivity contribution in [1.82, 2.24) is 0 Å². The van der Waals surface area contributed by atoms with Gasteiger partial charge in [-0.25, -0.2) is 0 Å². The summed E-state index contributed by atoms with van der Waals surface area (Å²) >= 11 is 3.42. The number of halogens is 1. The Hall–Kier alpha value is -0.870. The molecule has 0 fully saturated rings. The highest BCUT2D eigenvalue weighted by Crippen LogP contribution is 2.29. The average Bonchev–Trinajstić information content (AvgIpc) is 2.27. The summed E-state index contributed by atoms with van der Waals surface area (Å²) < 4.78 is 11.4. The molecular weight excluding hydrogens is 272 g/mol. The Balaban J connectivity index is 3.10. The molecule has 0 spiro atoms. The van der Waals surface area contributed by atoms with Crippen molar-refractivity contribution in [2.24, 2.45) is 0 Å². The molecule has 0 aliphatic carbocycles. The molecule has 1 aromatic carbocycles. The van der Waals surface area contributed by atoms with Gasteiger partial charge in [0, 0.05) is 23.6 Å². The molecule has 0 heterocycles. The van der Waals surface area contributed by atoms with Crippen molar-refractivity contribution < 1.29 is 14.3 Å². The van der Waals surface area contributed by atoms with Crippen LogP contribution in [0.15, 0.2) is 16.6 Å². The van der Waals surface area contributed by atoms with Gasteiger partial charge in [-0.1, -0.05) is 15.9 Å². The van der Waals surface area contributed by atoms with Gasteiger partial charge in [-0.05, 0) is 24.1 Å². The molecule has 0 radical (unpaired) electrons. The average molecular weight is 287 g/mol. The molecule has 0 aromatic heterocycles. The Morgan fingerprint density at radius 2 is 2.12 bits per heavy atom. The highest BCUT2D eigenvalue weighted by atomic mass is 79.9. The quantitative estimate of drug-likeness (QED) is 0.755. The SMILES string of the molecule is COCc1cc(Br)cc(OC)c1CCC=O. The number of benzene rings is 1. The minimum Gasteiger partial charge on any atom is -0.496 e. The first-order valence-electron chi connectivity index (χ1n) is 5.00. The van der Waals surface area contributed by atoms with Crippen LogP contribution in [0.4, 0.5) is 0 Å². The maximum Gasteiger partial charge on any atom is 0.123 e. The fraction of sp³-hybridized carbons (Fsp3) is 0.417. The Morgan fingerprint density at radius 1 is 1.38 bits per heavy atom. The number of ether oxygens (including phenoxy) is 2. The number of carbonyl (C=O) groups is 1. The summed E-state index contributed by atoms with van der Waals surface area (Å²) in [6.07, 6.45) is 2.09. The molecule has 16 heavy (non-hydrogen) atoms. The van der Waals surface area contributed by atoms with E-state index in [1.807, 2.05) is 12.1 Å². The van der Waals surface area contributed by atoms with Gasteiger partial charge in [0.1, 0.15) is 12.0 Å². The van der Waals surface area contributed by atoms with Gasteiger partial charge in [0.2, 0.25) is 0 Å². The van der Waals surface area contributed by atoms with E-state index in [2.05, 4.69) is 15.9 Å². The van der Waals surface area contributed by atoms with Crippen LogP contribution < -0.4 is 4.74 Å². The van der Waals surface area contributed by atoms with Crippen LogP contribution in [0, 0.1) is 0 Å². The van der Waals surface area contributed by atoms with Crippen molar-refractivity contribution in [2.75, 3.05) is 14.2 Å². The second-order valence-electron chi connectivity index (χ2n) is 3.38. The fourth-order valence-electron chi connectivity index (χ4n) is 1.62. The van der Waals surface area contributed by atoms with Gasteiger partial charge in [0.15, 0.2) is 0 Å². The van der Waals surface area contributed by atoms with Gasteiger partial charge in [-0.15, -0.1) is 0 Å². The lowest BCUT2D eigenvalue weighted by molar-refractivity contribution is -0.107. The van der Waals surface area contributed by atoms with Crippen LogP contribution in [0.25, 0.3) is 0 Å². The van der Waals surface area contributed by atoms with Crippen molar-refractivity contribution in [1.29, 1.82) is 0 Å². The largest absolute Gasteiger partial charge is 0.496 e. The van der Waals surface area contributed by atoms with E-state index in [1.165, 1.54) is 0 Å². The smallest absolute Gasteiger partial charge is 0.123 e. The van der Waals surface area contributed by atoms with Gasteiger partial charge in [0.25, 0.3) is 0 Å². The summed E-state index contributed by atoms with van der Waals surface area (Å²) in [4.78, 5) is 10.4. The van der Waals surface area contributed by atoms with Crippen LogP contribution in [0.2, 0.25) is 0 Å². The number of aldehydes is 1. The minimum atomic E-state index is 0.495. The van der Waals surface area contributed by atoms with Crippen LogP contribution in [-0.2, 0) is 22.6 Å². The lowest BCUT2D eigenvalue weighted by Gasteiger charge is -2.13. The number of hydrogen-bond acceptors (Lipinski definition) is 3. The maximum atomic E-state index is 10.4. The summed E-state index contributed by atoms with van der Waals surface area (Å²) in [5.41, 5.74) is 2.09. The highest BCUT2D eigenvalue weighted by molar-refractivity contribution is 9.10. The van der Waals surface area contributed by atoms with Crippen molar-refractivity contribution in [3.05, 3.63) is 27.7 Å². The standard InChI is InChI=1S/C12H15BrO3/c1-15-8-9-6-10(13)7-12(16-2)11(9)4-3-5-14/h5-7H,3-4,8H2,1-2H3. The van der Waals surface area contributed by atoms with E-state index >= 15 is 0 Å². The molecule has 3 nitrogen and oxygen atoms in total. The van der Waals surface area contributed by atoms with Gasteiger partial charge in [-0.3, -0.25) is 0 Å². The lowest BCUT2D eigenvalue weighted by Crippen LogP contribution is -2.01. The maximum absolute atomic E-state index is 10.4. The zero-order valence-electron chi connectivity index (χ0n) is 9.46. The molecule has 0 saturated heterocycles. The number of methoxy groups -OCH3 is 2. The Kier molecular flexibility index (Phi) is 5.49. The zero-order chi connectivity index (χ0) is 12.0. The molecule has 0 unspecified atom stereocenters. The topological polar surface area (TPSA) is 35.5 Å². The minimum absolute atomic E-state index is 0.495. The van der Waals surface area contributed by atoms with Crippen LogP contribution >= 0.6 is 15.9 Å². The second-order valence-corrected chi connectivity index (χ2v) is 4.30. The second kappa shape index (κ2) is 6.66. The third kappa shape index (κ3) is 3.32. The predicted molar refractivity (Wildman–Crippen MR) is 65.8 cm³/mol. The summed E-state index contributed by atoms with van der Waals surface area (Å²) in [6, 6.07) is 3.89. The van der Waals surface area contributed by atoms with Gasteiger partial charge >= 0.3 is 0 Å². The first-order valence-corrected chi connectivity index (χ1v) is 5.80. The van der Waals surface area contributed by atoms with Crippen LogP contribution in [0.1, 0.15) is 17.5 Å². The van der Waals surface area contributed by atoms with Crippen molar-refractivity contribution in [3.63, 3.8) is 0 Å².